The smallest absolute Gasteiger partial charge is 0.0742 e. The average Bonchev–Trinajstić information content (AvgIpc) is 2.24. The van der Waals surface area contributed by atoms with Crippen LogP contribution in [0.25, 0.3) is 0 Å². The molecule has 0 aliphatic heterocycles. The van der Waals surface area contributed by atoms with Crippen LogP contribution in [0.4, 0.5) is 0 Å². The Labute approximate surface area is 124 Å². The first kappa shape index (κ1) is 25.7. The molecule has 0 spiro atoms. The normalized spacial score (nSPS) is 9.00. The molecule has 0 radical (unpaired) electrons. The molecule has 4 heteroatoms. The van der Waals surface area contributed by atoms with E-state index in [1.165, 1.54) is 39.3 Å². The van der Waals surface area contributed by atoms with Crippen molar-refractivity contribution in [1.82, 2.24) is 0 Å². The number of hydrogen-bond donors (Lipinski definition) is 2. The minimum atomic E-state index is 0. The van der Waals surface area contributed by atoms with Crippen molar-refractivity contribution in [2.75, 3.05) is 39.3 Å². The first-order valence-corrected chi connectivity index (χ1v) is 6.36. The topological polar surface area (TPSA) is 8.88 Å². The molecule has 104 valence electrons. The quantitative estimate of drug-likeness (QED) is 0.465. The number of rotatable bonds is 6. The molecule has 16 heavy (non-hydrogen) atoms. The molecule has 0 aromatic carbocycles. The third-order valence-corrected chi connectivity index (χ3v) is 3.00. The molecule has 0 rings (SSSR count). The van der Waals surface area contributed by atoms with Crippen molar-refractivity contribution in [3.63, 3.8) is 0 Å². The lowest BCUT2D eigenvalue weighted by Crippen LogP contribution is -3.11. The first-order chi connectivity index (χ1) is 6.69. The highest BCUT2D eigenvalue weighted by Gasteiger charge is 1.93. The van der Waals surface area contributed by atoms with Crippen molar-refractivity contribution in [1.29, 1.82) is 0 Å². The van der Waals surface area contributed by atoms with Gasteiger partial charge in [-0.25, -0.2) is 0 Å². The van der Waals surface area contributed by atoms with Gasteiger partial charge in [0.25, 0.3) is 0 Å². The summed E-state index contributed by atoms with van der Waals surface area (Å²) in [5.41, 5.74) is 0. The van der Waals surface area contributed by atoms with Crippen molar-refractivity contribution < 1.29 is 43.8 Å². The summed E-state index contributed by atoms with van der Waals surface area (Å²) in [5, 5.41) is 0. The second kappa shape index (κ2) is 21.2. The molecule has 0 heterocycles. The maximum Gasteiger partial charge on any atom is 0.0742 e. The molecule has 0 saturated heterocycles. The van der Waals surface area contributed by atoms with Crippen LogP contribution in [0.3, 0.4) is 0 Å². The summed E-state index contributed by atoms with van der Waals surface area (Å²) in [6.45, 7) is 21.0. The molecular formula is C12H32Br2N2. The van der Waals surface area contributed by atoms with Crippen LogP contribution in [0.5, 0.6) is 0 Å². The number of quaternary nitrogens is 2. The summed E-state index contributed by atoms with van der Waals surface area (Å²) >= 11 is 0. The summed E-state index contributed by atoms with van der Waals surface area (Å²) in [6, 6.07) is 0. The van der Waals surface area contributed by atoms with Crippen molar-refractivity contribution >= 4 is 0 Å². The van der Waals surface area contributed by atoms with Crippen LogP contribution < -0.4 is 43.8 Å². The van der Waals surface area contributed by atoms with Crippen molar-refractivity contribution in [2.45, 2.75) is 41.5 Å². The Morgan fingerprint density at radius 3 is 0.562 bits per heavy atom. The molecule has 0 aromatic rings. The Hall–Kier alpha value is 0.880. The van der Waals surface area contributed by atoms with Crippen LogP contribution in [-0.4, -0.2) is 39.3 Å². The predicted molar refractivity (Wildman–Crippen MR) is 65.2 cm³/mol. The van der Waals surface area contributed by atoms with Gasteiger partial charge in [0, 0.05) is 0 Å². The number of halogens is 2. The zero-order valence-electron chi connectivity index (χ0n) is 12.0. The van der Waals surface area contributed by atoms with Gasteiger partial charge in [0.05, 0.1) is 39.3 Å². The van der Waals surface area contributed by atoms with Gasteiger partial charge in [-0.2, -0.15) is 0 Å². The SMILES string of the molecule is CC[NH+](CC)CC.CC[NH+](CC)CC.[Br-].[Br-]. The Balaban J connectivity index is -0.0000000800. The molecule has 0 fully saturated rings. The predicted octanol–water partition coefficient (Wildman–Crippen LogP) is -6.13. The van der Waals surface area contributed by atoms with E-state index in [4.69, 9.17) is 0 Å². The summed E-state index contributed by atoms with van der Waals surface area (Å²) < 4.78 is 0. The Morgan fingerprint density at radius 2 is 0.562 bits per heavy atom. The van der Waals surface area contributed by atoms with E-state index in [0.717, 1.165) is 0 Å². The maximum atomic E-state index is 2.22. The standard InChI is InChI=1S/2C6H15N.2BrH/c2*1-4-7(5-2)6-3;;/h2*4-6H2,1-3H3;2*1H. The third kappa shape index (κ3) is 17.3. The average molecular weight is 364 g/mol. The largest absolute Gasteiger partial charge is 1.00 e. The van der Waals surface area contributed by atoms with Crippen molar-refractivity contribution in [3.05, 3.63) is 0 Å². The highest BCUT2D eigenvalue weighted by atomic mass is 79.9. The molecule has 0 aliphatic carbocycles. The molecule has 2 N–H and O–H groups in total. The van der Waals surface area contributed by atoms with E-state index >= 15 is 0 Å². The Kier molecular flexibility index (Phi) is 34.0. The van der Waals surface area contributed by atoms with Crippen LogP contribution in [0.2, 0.25) is 0 Å². The zero-order chi connectivity index (χ0) is 11.4. The van der Waals surface area contributed by atoms with Gasteiger partial charge in [-0.1, -0.05) is 0 Å². The Morgan fingerprint density at radius 1 is 0.438 bits per heavy atom. The number of hydrogen-bond acceptors (Lipinski definition) is 0. The fourth-order valence-corrected chi connectivity index (χ4v) is 1.50. The van der Waals surface area contributed by atoms with Crippen LogP contribution in [-0.2, 0) is 0 Å². The highest BCUT2D eigenvalue weighted by Crippen LogP contribution is 1.46. The minimum Gasteiger partial charge on any atom is -1.00 e. The molecule has 2 nitrogen and oxygen atoms in total. The van der Waals surface area contributed by atoms with Crippen LogP contribution >= 0.6 is 0 Å². The second-order valence-corrected chi connectivity index (χ2v) is 3.62. The van der Waals surface area contributed by atoms with Gasteiger partial charge in [0.15, 0.2) is 0 Å². The molecule has 0 aliphatic rings. The van der Waals surface area contributed by atoms with E-state index in [9.17, 15) is 0 Å². The monoisotopic (exact) mass is 362 g/mol. The first-order valence-electron chi connectivity index (χ1n) is 6.36. The highest BCUT2D eigenvalue weighted by molar-refractivity contribution is 4.12. The zero-order valence-corrected chi connectivity index (χ0v) is 15.2. The molecule has 0 atom stereocenters. The number of nitrogens with one attached hydrogen (secondary N) is 2. The van der Waals surface area contributed by atoms with Crippen LogP contribution in [0.15, 0.2) is 0 Å². The second-order valence-electron chi connectivity index (χ2n) is 3.62. The summed E-state index contributed by atoms with van der Waals surface area (Å²) in [6.07, 6.45) is 0. The van der Waals surface area contributed by atoms with Crippen LogP contribution in [0, 0.1) is 0 Å². The summed E-state index contributed by atoms with van der Waals surface area (Å²) in [4.78, 5) is 3.36. The lowest BCUT2D eigenvalue weighted by atomic mass is 10.5. The molecule has 0 saturated carbocycles. The lowest BCUT2D eigenvalue weighted by molar-refractivity contribution is -0.894. The van der Waals surface area contributed by atoms with Crippen molar-refractivity contribution in [2.24, 2.45) is 0 Å². The van der Waals surface area contributed by atoms with E-state index in [-0.39, 0.29) is 34.0 Å². The molecular weight excluding hydrogens is 332 g/mol. The molecule has 0 unspecified atom stereocenters. The van der Waals surface area contributed by atoms with Gasteiger partial charge in [0.2, 0.25) is 0 Å². The van der Waals surface area contributed by atoms with E-state index in [2.05, 4.69) is 41.5 Å². The van der Waals surface area contributed by atoms with Crippen LogP contribution in [0.1, 0.15) is 41.5 Å². The van der Waals surface area contributed by atoms with E-state index in [0.29, 0.717) is 0 Å². The fraction of sp³-hybridized carbons (Fsp3) is 1.00. The van der Waals surface area contributed by atoms with E-state index in [1.807, 2.05) is 0 Å². The van der Waals surface area contributed by atoms with Gasteiger partial charge in [-0.05, 0) is 41.5 Å². The maximum absolute atomic E-state index is 2.22. The molecule has 0 amide bonds. The minimum absolute atomic E-state index is 0. The van der Waals surface area contributed by atoms with E-state index in [1.54, 1.807) is 9.80 Å². The third-order valence-electron chi connectivity index (χ3n) is 3.00. The van der Waals surface area contributed by atoms with Gasteiger partial charge in [-0.15, -0.1) is 0 Å². The summed E-state index contributed by atoms with van der Waals surface area (Å²) in [7, 11) is 0. The summed E-state index contributed by atoms with van der Waals surface area (Å²) in [5.74, 6) is 0. The van der Waals surface area contributed by atoms with E-state index < -0.39 is 0 Å². The lowest BCUT2D eigenvalue weighted by Gasteiger charge is -2.10. The molecule has 0 bridgehead atoms. The molecule has 0 aromatic heterocycles. The van der Waals surface area contributed by atoms with Crippen molar-refractivity contribution in [3.8, 4) is 0 Å². The van der Waals surface area contributed by atoms with Gasteiger partial charge < -0.3 is 43.8 Å². The van der Waals surface area contributed by atoms with Gasteiger partial charge >= 0.3 is 0 Å². The Bertz CT molecular complexity index is 72.0. The van der Waals surface area contributed by atoms with Gasteiger partial charge in [0.1, 0.15) is 0 Å². The van der Waals surface area contributed by atoms with Gasteiger partial charge in [-0.3, -0.25) is 0 Å². The fourth-order valence-electron chi connectivity index (χ4n) is 1.50.